The van der Waals surface area contributed by atoms with Crippen molar-refractivity contribution in [3.05, 3.63) is 97.4 Å². The van der Waals surface area contributed by atoms with Crippen molar-refractivity contribution in [3.63, 3.8) is 0 Å². The number of halogens is 2. The minimum absolute atomic E-state index is 0.0309. The largest absolute Gasteiger partial charge is 0.365 e. The summed E-state index contributed by atoms with van der Waals surface area (Å²) in [5.41, 5.74) is 1.04. The van der Waals surface area contributed by atoms with Crippen LogP contribution < -0.4 is 10.9 Å². The summed E-state index contributed by atoms with van der Waals surface area (Å²) in [5, 5.41) is 11.3. The quantitative estimate of drug-likeness (QED) is 0.334. The van der Waals surface area contributed by atoms with Crippen molar-refractivity contribution >= 4 is 46.3 Å². The number of thiophene rings is 1. The van der Waals surface area contributed by atoms with E-state index in [4.69, 9.17) is 27.7 Å². The molecule has 5 rings (SSSR count). The number of rotatable bonds is 7. The van der Waals surface area contributed by atoms with Gasteiger partial charge in [-0.2, -0.15) is 9.78 Å². The van der Waals surface area contributed by atoms with E-state index in [0.717, 1.165) is 9.56 Å². The first-order chi connectivity index (χ1) is 17.0. The third-order valence-corrected chi connectivity index (χ3v) is 6.59. The van der Waals surface area contributed by atoms with Crippen molar-refractivity contribution in [1.29, 1.82) is 0 Å². The molecule has 5 heterocycles. The van der Waals surface area contributed by atoms with E-state index in [1.807, 2.05) is 6.07 Å². The Labute approximate surface area is 211 Å². The average Bonchev–Trinajstić information content (AvgIpc) is 3.62. The fraction of sp³-hybridized carbons (Fsp3) is 0.0909. The van der Waals surface area contributed by atoms with Gasteiger partial charge < -0.3 is 14.4 Å². The minimum Gasteiger partial charge on any atom is -0.365 e. The molecule has 0 atom stereocenters. The van der Waals surface area contributed by atoms with E-state index in [1.165, 1.54) is 34.6 Å². The number of hydrogen-bond acceptors (Lipinski definition) is 9. The monoisotopic (exact) mass is 527 g/mol. The van der Waals surface area contributed by atoms with Gasteiger partial charge in [0.05, 0.1) is 28.8 Å². The Morgan fingerprint density at radius 1 is 1.17 bits per heavy atom. The van der Waals surface area contributed by atoms with Crippen LogP contribution >= 0.6 is 34.5 Å². The Hall–Kier alpha value is -3.80. The number of anilines is 1. The van der Waals surface area contributed by atoms with E-state index in [1.54, 1.807) is 36.7 Å². The first-order valence-corrected chi connectivity index (χ1v) is 11.7. The molecule has 176 valence electrons. The van der Waals surface area contributed by atoms with Crippen LogP contribution in [0.15, 0.2) is 70.7 Å². The summed E-state index contributed by atoms with van der Waals surface area (Å²) in [5.74, 6) is -0.122. The van der Waals surface area contributed by atoms with Crippen molar-refractivity contribution in [2.75, 3.05) is 5.32 Å². The van der Waals surface area contributed by atoms with Crippen molar-refractivity contribution < 1.29 is 9.32 Å². The number of hydrogen-bond donors (Lipinski definition) is 1. The van der Waals surface area contributed by atoms with Crippen LogP contribution in [0.1, 0.15) is 21.1 Å². The van der Waals surface area contributed by atoms with Gasteiger partial charge in [-0.3, -0.25) is 9.59 Å². The van der Waals surface area contributed by atoms with E-state index >= 15 is 0 Å². The van der Waals surface area contributed by atoms with Gasteiger partial charge in [-0.25, -0.2) is 9.97 Å². The Morgan fingerprint density at radius 2 is 2.06 bits per heavy atom. The van der Waals surface area contributed by atoms with E-state index in [2.05, 4.69) is 25.5 Å². The van der Waals surface area contributed by atoms with Gasteiger partial charge >= 0.3 is 5.91 Å². The summed E-state index contributed by atoms with van der Waals surface area (Å²) in [6.07, 6.45) is 5.91. The molecule has 0 amide bonds. The van der Waals surface area contributed by atoms with Crippen LogP contribution in [0.25, 0.3) is 11.3 Å². The lowest BCUT2D eigenvalue weighted by Gasteiger charge is -2.07. The van der Waals surface area contributed by atoms with Gasteiger partial charge in [-0.15, -0.1) is 11.3 Å². The van der Waals surface area contributed by atoms with Crippen molar-refractivity contribution in [2.45, 2.75) is 13.1 Å². The molecule has 0 bridgehead atoms. The van der Waals surface area contributed by atoms with Crippen molar-refractivity contribution in [3.8, 4) is 11.3 Å². The maximum Gasteiger partial charge on any atom is 0.302 e. The maximum absolute atomic E-state index is 13.0. The van der Waals surface area contributed by atoms with Crippen LogP contribution in [0, 0.1) is 0 Å². The van der Waals surface area contributed by atoms with Gasteiger partial charge in [-0.1, -0.05) is 28.4 Å². The molecule has 10 nitrogen and oxygen atoms in total. The summed E-state index contributed by atoms with van der Waals surface area (Å²) >= 11 is 13.9. The lowest BCUT2D eigenvalue weighted by atomic mass is 10.2. The van der Waals surface area contributed by atoms with Gasteiger partial charge in [0.1, 0.15) is 23.4 Å². The summed E-state index contributed by atoms with van der Waals surface area (Å²) in [6.45, 7) is 0.638. The molecule has 0 saturated heterocycles. The molecule has 0 aromatic carbocycles. The molecule has 0 spiro atoms. The van der Waals surface area contributed by atoms with E-state index in [0.29, 0.717) is 33.7 Å². The standard InChI is InChI=1S/C22H15Cl2N7O3S/c23-18-2-1-14(35-18)10-26-19-9-17(28-31(19)21(32)16-5-8-34-29-16)15-4-7-30(22(33)20(15)24)11-13-3-6-25-12-27-13/h1-9,12,26H,10-11H2. The fourth-order valence-corrected chi connectivity index (χ4v) is 4.60. The Bertz CT molecular complexity index is 1550. The van der Waals surface area contributed by atoms with Crippen LogP contribution in [0.4, 0.5) is 5.82 Å². The predicted molar refractivity (Wildman–Crippen MR) is 131 cm³/mol. The number of aromatic nitrogens is 6. The van der Waals surface area contributed by atoms with Crippen LogP contribution in [0.3, 0.4) is 0 Å². The van der Waals surface area contributed by atoms with Crippen LogP contribution in [0.2, 0.25) is 9.36 Å². The van der Waals surface area contributed by atoms with E-state index < -0.39 is 11.5 Å². The zero-order chi connectivity index (χ0) is 24.4. The summed E-state index contributed by atoms with van der Waals surface area (Å²) < 4.78 is 8.05. The van der Waals surface area contributed by atoms with Gasteiger partial charge in [0.25, 0.3) is 5.56 Å². The van der Waals surface area contributed by atoms with Crippen LogP contribution in [-0.4, -0.2) is 35.4 Å². The highest BCUT2D eigenvalue weighted by Gasteiger charge is 2.21. The van der Waals surface area contributed by atoms with Crippen molar-refractivity contribution in [1.82, 2.24) is 29.5 Å². The predicted octanol–water partition coefficient (Wildman–Crippen LogP) is 4.21. The lowest BCUT2D eigenvalue weighted by Crippen LogP contribution is -2.21. The molecule has 0 aliphatic rings. The number of nitrogens with one attached hydrogen (secondary N) is 1. The second-order valence-electron chi connectivity index (χ2n) is 7.25. The molecular weight excluding hydrogens is 513 g/mol. The minimum atomic E-state index is -0.509. The molecule has 35 heavy (non-hydrogen) atoms. The fourth-order valence-electron chi connectivity index (χ4n) is 3.30. The molecule has 0 aliphatic heterocycles. The highest BCUT2D eigenvalue weighted by Crippen LogP contribution is 2.28. The topological polar surface area (TPSA) is 121 Å². The number of nitrogens with zero attached hydrogens (tertiary/aromatic N) is 6. The summed E-state index contributed by atoms with van der Waals surface area (Å²) in [7, 11) is 0. The molecule has 13 heteroatoms. The average molecular weight is 528 g/mol. The molecule has 0 radical (unpaired) electrons. The molecule has 0 fully saturated rings. The molecule has 0 saturated carbocycles. The van der Waals surface area contributed by atoms with Crippen LogP contribution in [-0.2, 0) is 13.1 Å². The molecule has 1 N–H and O–H groups in total. The van der Waals surface area contributed by atoms with Gasteiger partial charge in [0.2, 0.25) is 0 Å². The summed E-state index contributed by atoms with van der Waals surface area (Å²) in [4.78, 5) is 34.9. The van der Waals surface area contributed by atoms with E-state index in [-0.39, 0.29) is 17.3 Å². The molecule has 5 aromatic heterocycles. The highest BCUT2D eigenvalue weighted by molar-refractivity contribution is 7.16. The molecule has 5 aromatic rings. The van der Waals surface area contributed by atoms with Crippen molar-refractivity contribution in [2.24, 2.45) is 0 Å². The third kappa shape index (κ3) is 4.87. The SMILES string of the molecule is O=C(c1ccon1)n1nc(-c2ccn(Cc3ccncn3)c(=O)c2Cl)cc1NCc1ccc(Cl)s1. The zero-order valence-electron chi connectivity index (χ0n) is 17.8. The second-order valence-corrected chi connectivity index (χ2v) is 9.43. The lowest BCUT2D eigenvalue weighted by molar-refractivity contribution is 0.0939. The smallest absolute Gasteiger partial charge is 0.302 e. The Balaban J connectivity index is 1.49. The van der Waals surface area contributed by atoms with E-state index in [9.17, 15) is 9.59 Å². The summed E-state index contributed by atoms with van der Waals surface area (Å²) in [6, 6.07) is 10.1. The maximum atomic E-state index is 13.0. The molecule has 0 unspecified atom stereocenters. The Kier molecular flexibility index (Phi) is 6.45. The number of carbonyl (C=O) groups is 1. The number of pyridine rings is 1. The third-order valence-electron chi connectivity index (χ3n) is 4.99. The van der Waals surface area contributed by atoms with Crippen LogP contribution in [0.5, 0.6) is 0 Å². The first-order valence-electron chi connectivity index (χ1n) is 10.2. The molecule has 0 aliphatic carbocycles. The van der Waals surface area contributed by atoms with Gasteiger partial charge in [0.15, 0.2) is 5.69 Å². The Morgan fingerprint density at radius 3 is 2.77 bits per heavy atom. The highest BCUT2D eigenvalue weighted by atomic mass is 35.5. The van der Waals surface area contributed by atoms with Gasteiger partial charge in [0, 0.05) is 35.0 Å². The molecular formula is C22H15Cl2N7O3S. The zero-order valence-corrected chi connectivity index (χ0v) is 20.1. The van der Waals surface area contributed by atoms with Gasteiger partial charge in [-0.05, 0) is 24.3 Å². The second kappa shape index (κ2) is 9.82. The number of carbonyl (C=O) groups excluding carboxylic acids is 1. The normalized spacial score (nSPS) is 11.0. The first kappa shape index (κ1) is 23.0.